The summed E-state index contributed by atoms with van der Waals surface area (Å²) in [5.74, 6) is -1.76. The van der Waals surface area contributed by atoms with Crippen LogP contribution in [0.1, 0.15) is 319 Å². The Morgan fingerprint density at radius 2 is 0.611 bits per heavy atom. The lowest BCUT2D eigenvalue weighted by Gasteiger charge is -2.33. The van der Waals surface area contributed by atoms with Gasteiger partial charge in [0.05, 0.1) is 6.61 Å². The SMILES string of the molecule is CCCC(=O)NCCCOCCCNC(=O)C(CCCCNC(=O)/C=C(C)/C=C/C=C(C)/C=C/C1=C(C)CCCC1(C)C)CC(=O)/C=C(C)/C=C/C=C(C)/C=C/C1=C(C)CCCC1(C)C.COCCC(=O)NCCCOCCCNC(=O)C(CCCCNC(=O)/C=C(C)/C=C/C=C(C)/C=C/C1=C(C)CCCC1(C)C)CC(=O)/C=C(C)/C=C/C=C(C)/C=C/C1=C(C)CCCC1(C)C. The van der Waals surface area contributed by atoms with Gasteiger partial charge in [-0.1, -0.05) is 241 Å². The number of hydrogen-bond donors (Lipinski definition) is 6. The van der Waals surface area contributed by atoms with Crippen LogP contribution in [0.3, 0.4) is 0 Å². The second-order valence-electron chi connectivity index (χ2n) is 39.4. The molecule has 17 heteroatoms. The maximum absolute atomic E-state index is 13.4. The molecule has 4 aliphatic rings. The first-order valence-electron chi connectivity index (χ1n) is 49.2. The van der Waals surface area contributed by atoms with Gasteiger partial charge in [-0.05, 0) is 296 Å². The summed E-state index contributed by atoms with van der Waals surface area (Å²) in [4.78, 5) is 102. The summed E-state index contributed by atoms with van der Waals surface area (Å²) in [6.07, 6.45) is 70.9. The van der Waals surface area contributed by atoms with E-state index >= 15 is 0 Å². The largest absolute Gasteiger partial charge is 0.384 e. The van der Waals surface area contributed by atoms with E-state index in [9.17, 15) is 38.4 Å². The van der Waals surface area contributed by atoms with E-state index in [1.165, 1.54) is 109 Å². The Hall–Kier alpha value is -9.16. The van der Waals surface area contributed by atoms with Crippen LogP contribution in [0, 0.1) is 33.5 Å². The van der Waals surface area contributed by atoms with Gasteiger partial charge in [0.1, 0.15) is 0 Å². The molecule has 0 aromatic heterocycles. The molecule has 2 unspecified atom stereocenters. The van der Waals surface area contributed by atoms with Crippen molar-refractivity contribution in [2.24, 2.45) is 33.5 Å². The molecule has 0 aromatic carbocycles. The molecular formula is C114H174N6O11. The summed E-state index contributed by atoms with van der Waals surface area (Å²) in [6, 6.07) is 0. The highest BCUT2D eigenvalue weighted by Crippen LogP contribution is 2.44. The molecule has 17 nitrogen and oxygen atoms in total. The zero-order valence-corrected chi connectivity index (χ0v) is 85.4. The van der Waals surface area contributed by atoms with E-state index in [1.807, 2.05) is 83.2 Å². The normalized spacial score (nSPS) is 18.0. The molecule has 2 atom stereocenters. The number of ketones is 2. The van der Waals surface area contributed by atoms with Crippen molar-refractivity contribution in [2.45, 2.75) is 319 Å². The van der Waals surface area contributed by atoms with Crippen molar-refractivity contribution < 1.29 is 52.6 Å². The molecule has 0 aromatic rings. The number of methoxy groups -OCH3 is 1. The molecule has 0 heterocycles. The second-order valence-corrected chi connectivity index (χ2v) is 39.4. The number of amides is 6. The first-order chi connectivity index (χ1) is 62.2. The van der Waals surface area contributed by atoms with Crippen molar-refractivity contribution in [1.29, 1.82) is 0 Å². The number of unbranched alkanes of at least 4 members (excludes halogenated alkanes) is 2. The summed E-state index contributed by atoms with van der Waals surface area (Å²) < 4.78 is 16.3. The maximum atomic E-state index is 13.4. The van der Waals surface area contributed by atoms with Crippen LogP contribution in [-0.2, 0) is 52.6 Å². The quantitative estimate of drug-likeness (QED) is 0.0190. The van der Waals surface area contributed by atoms with Crippen LogP contribution in [0.25, 0.3) is 0 Å². The molecular weight excluding hydrogens is 1630 g/mol. The van der Waals surface area contributed by atoms with Crippen molar-refractivity contribution in [3.63, 3.8) is 0 Å². The van der Waals surface area contributed by atoms with Crippen LogP contribution in [0.15, 0.2) is 235 Å². The van der Waals surface area contributed by atoms with Crippen LogP contribution in [-0.4, -0.2) is 126 Å². The molecule has 0 bridgehead atoms. The van der Waals surface area contributed by atoms with Gasteiger partial charge in [-0.3, -0.25) is 38.4 Å². The van der Waals surface area contributed by atoms with Gasteiger partial charge in [0, 0.05) is 122 Å². The van der Waals surface area contributed by atoms with E-state index in [0.717, 1.165) is 70.3 Å². The highest BCUT2D eigenvalue weighted by atomic mass is 16.5. The summed E-state index contributed by atoms with van der Waals surface area (Å²) in [6.45, 7) is 50.9. The van der Waals surface area contributed by atoms with E-state index in [1.54, 1.807) is 31.4 Å². The number of carbonyl (C=O) groups is 8. The maximum Gasteiger partial charge on any atom is 0.244 e. The van der Waals surface area contributed by atoms with E-state index in [0.29, 0.717) is 143 Å². The molecule has 0 aliphatic heterocycles. The zero-order chi connectivity index (χ0) is 97.2. The molecule has 0 saturated carbocycles. The lowest BCUT2D eigenvalue weighted by Crippen LogP contribution is -2.33. The lowest BCUT2D eigenvalue weighted by molar-refractivity contribution is -0.128. The average Bonchev–Trinajstić information content (AvgIpc) is 0.835. The monoisotopic (exact) mass is 1800 g/mol. The predicted octanol–water partition coefficient (Wildman–Crippen LogP) is 24.7. The topological polar surface area (TPSA) is 236 Å². The Morgan fingerprint density at radius 1 is 0.336 bits per heavy atom. The number of carbonyl (C=O) groups excluding carboxylic acids is 8. The number of rotatable bonds is 57. The van der Waals surface area contributed by atoms with Crippen molar-refractivity contribution >= 4 is 47.0 Å². The molecule has 4 aliphatic carbocycles. The van der Waals surface area contributed by atoms with Gasteiger partial charge in [0.25, 0.3) is 0 Å². The number of hydrogen-bond acceptors (Lipinski definition) is 11. The van der Waals surface area contributed by atoms with Crippen molar-refractivity contribution in [3.8, 4) is 0 Å². The van der Waals surface area contributed by atoms with Gasteiger partial charge in [-0.15, -0.1) is 0 Å². The fourth-order valence-corrected chi connectivity index (χ4v) is 17.1. The Bertz CT molecular complexity index is 4350. The summed E-state index contributed by atoms with van der Waals surface area (Å²) in [7, 11) is 1.57. The number of ether oxygens (including phenoxy) is 3. The minimum absolute atomic E-state index is 0.0436. The Morgan fingerprint density at radius 3 is 0.893 bits per heavy atom. The van der Waals surface area contributed by atoms with Gasteiger partial charge in [0.2, 0.25) is 35.4 Å². The highest BCUT2D eigenvalue weighted by Gasteiger charge is 2.31. The molecule has 0 saturated heterocycles. The molecule has 6 amide bonds. The first-order valence-corrected chi connectivity index (χ1v) is 49.2. The highest BCUT2D eigenvalue weighted by molar-refractivity contribution is 5.95. The number of nitrogens with one attached hydrogen (secondary N) is 6. The molecule has 131 heavy (non-hydrogen) atoms. The van der Waals surface area contributed by atoms with Crippen LogP contribution < -0.4 is 31.9 Å². The van der Waals surface area contributed by atoms with Gasteiger partial charge < -0.3 is 46.1 Å². The van der Waals surface area contributed by atoms with Gasteiger partial charge in [0.15, 0.2) is 11.6 Å². The van der Waals surface area contributed by atoms with E-state index < -0.39 is 11.8 Å². The van der Waals surface area contributed by atoms with E-state index in [4.69, 9.17) is 14.2 Å². The van der Waals surface area contributed by atoms with Gasteiger partial charge >= 0.3 is 0 Å². The molecule has 0 radical (unpaired) electrons. The van der Waals surface area contributed by atoms with E-state index in [-0.39, 0.29) is 81.5 Å². The second kappa shape index (κ2) is 64.7. The Kier molecular flexibility index (Phi) is 57.3. The van der Waals surface area contributed by atoms with Crippen molar-refractivity contribution in [3.05, 3.63) is 235 Å². The fraction of sp³-hybridized carbons (Fsp3) is 0.579. The zero-order valence-electron chi connectivity index (χ0n) is 85.4. The first kappa shape index (κ1) is 116. The van der Waals surface area contributed by atoms with Crippen LogP contribution in [0.5, 0.6) is 0 Å². The lowest BCUT2D eigenvalue weighted by atomic mass is 9.72. The van der Waals surface area contributed by atoms with Crippen LogP contribution in [0.4, 0.5) is 0 Å². The van der Waals surface area contributed by atoms with Gasteiger partial charge in [-0.25, -0.2) is 0 Å². The third-order valence-corrected chi connectivity index (χ3v) is 24.9. The predicted molar refractivity (Wildman–Crippen MR) is 548 cm³/mol. The van der Waals surface area contributed by atoms with Crippen LogP contribution >= 0.6 is 0 Å². The minimum atomic E-state index is -0.494. The number of allylic oxidation sites excluding steroid dienone is 38. The Balaban J connectivity index is 0.000000675. The third-order valence-electron chi connectivity index (χ3n) is 24.9. The summed E-state index contributed by atoms with van der Waals surface area (Å²) >= 11 is 0. The molecule has 0 fully saturated rings. The smallest absolute Gasteiger partial charge is 0.244 e. The molecule has 726 valence electrons. The van der Waals surface area contributed by atoms with Crippen molar-refractivity contribution in [2.75, 3.05) is 79.4 Å². The average molecular weight is 1800 g/mol. The summed E-state index contributed by atoms with van der Waals surface area (Å²) in [5, 5.41) is 17.7. The van der Waals surface area contributed by atoms with Gasteiger partial charge in [-0.2, -0.15) is 0 Å². The van der Waals surface area contributed by atoms with Crippen LogP contribution in [0.2, 0.25) is 0 Å². The van der Waals surface area contributed by atoms with Crippen molar-refractivity contribution in [1.82, 2.24) is 31.9 Å². The fourth-order valence-electron chi connectivity index (χ4n) is 17.1. The Labute approximate surface area is 793 Å². The standard InChI is InChI=1S/C57H87N3O6.C57H87N3O5/c1-43(27-29-51-47(5)24-16-32-56(51,7)8)20-14-22-45(3)40-50(61)42-49(55(64)60-36-19-38-66-37-18-35-58-53(62)31-39-65-11)26-12-13-34-59-54(63)41-46(4)23-15-21-44(2)28-30-52-48(6)25-17-33-57(52,9)10;1-12-21-53(62)58-36-19-38-65-39-20-37-60-55(64)49(42-50(61)40-45(4)24-15-22-43(2)29-31-51-47(6)26-17-33-56(51,8)9)28-13-14-35-59-54(63)41-46(5)25-16-23-44(3)30-32-52-48(7)27-18-34-57(52,10)11/h14-15,20-23,27-30,40-41,49H,12-13,16-19,24-26,31-39,42H2,1-11H3,(H,58,62)(H,59,63)(H,60,64);15-16,22-25,29-32,40-41,49H,12-14,17-21,26-28,33-39,42H2,1-11H3,(H,58,62)(H,59,63)(H,60,64)/b22-14+,23-15+,29-27+,30-28+,43-20+,44-21+,45-40+,46-41+;24-15+,25-16+,31-29+,32-30+,43-22+,44-23+,45-40+,46-41+. The summed E-state index contributed by atoms with van der Waals surface area (Å²) in [5.41, 5.74) is 20.3. The third kappa shape index (κ3) is 51.6. The molecule has 6 N–H and O–H groups in total. The van der Waals surface area contributed by atoms with E-state index in [2.05, 4.69) is 216 Å². The molecule has 0 spiro atoms. The molecule has 4 rings (SSSR count). The minimum Gasteiger partial charge on any atom is -0.384 e.